The molecular formula is C96H122N13NaO31S8. The summed E-state index contributed by atoms with van der Waals surface area (Å²) in [5, 5.41) is 39.5. The summed E-state index contributed by atoms with van der Waals surface area (Å²) in [6.07, 6.45) is 12.9. The van der Waals surface area contributed by atoms with Crippen LogP contribution in [0.2, 0.25) is 0 Å². The molecule has 18 rings (SSSR count). The zero-order valence-electron chi connectivity index (χ0n) is 86.2. The molecule has 7 atom stereocenters. The van der Waals surface area contributed by atoms with E-state index in [0.29, 0.717) is 59.4 Å². The van der Waals surface area contributed by atoms with Crippen molar-refractivity contribution in [3.05, 3.63) is 215 Å². The second-order valence-corrected chi connectivity index (χ2v) is 43.3. The van der Waals surface area contributed by atoms with E-state index in [4.69, 9.17) is 53.6 Å². The van der Waals surface area contributed by atoms with Crippen LogP contribution in [0.15, 0.2) is 105 Å². The summed E-state index contributed by atoms with van der Waals surface area (Å²) >= 11 is 10.1. The predicted molar refractivity (Wildman–Crippen MR) is 557 cm³/mol. The van der Waals surface area contributed by atoms with Gasteiger partial charge < -0.3 is 97.4 Å². The molecule has 8 N–H and O–H groups in total. The van der Waals surface area contributed by atoms with E-state index in [1.807, 2.05) is 79.4 Å². The smallest absolute Gasteiger partial charge is 0.870 e. The van der Waals surface area contributed by atoms with Gasteiger partial charge in [0.15, 0.2) is 34.1 Å². The number of aliphatic imine (C=N–C) groups is 1. The van der Waals surface area contributed by atoms with E-state index in [2.05, 4.69) is 55.7 Å². The van der Waals surface area contributed by atoms with Gasteiger partial charge in [0.25, 0.3) is 0 Å². The molecule has 10 aromatic heterocycles. The van der Waals surface area contributed by atoms with Crippen molar-refractivity contribution in [3.63, 3.8) is 0 Å². The molecule has 8 aliphatic heterocycles. The number of pyridine rings is 3. The molecule has 0 saturated carbocycles. The Morgan fingerprint density at radius 2 is 1.03 bits per heavy atom. The van der Waals surface area contributed by atoms with Crippen LogP contribution < -0.4 is 60.5 Å². The average molecular weight is 2230 g/mol. The average Bonchev–Trinajstić information content (AvgIpc) is 1.77. The summed E-state index contributed by atoms with van der Waals surface area (Å²) in [5.41, 5.74) is 5.71. The summed E-state index contributed by atoms with van der Waals surface area (Å²) < 4.78 is 73.1. The normalized spacial score (nSPS) is 17.5. The number of ketones is 2. The Bertz CT molecular complexity index is 6930. The summed E-state index contributed by atoms with van der Waals surface area (Å²) in [5.74, 6) is -4.16. The monoisotopic (exact) mass is 2230 g/mol. The standard InChI is InChI=1S/C15H16N2O3S.C14H16N2O4S.C14H14N2O4S.C13H12N2O3S.C9H14O4.C8H15NO5S.C7H8N2OS.C7H9NO2S.C5H5NOS.C2H6O2.C2H6O.Na.H2O/c1-4-20-15(19)10-7-17-8(2)5-13-14(16-9(3)21-13)11(17)6-12(10)18;2*1-3-20-13(18)8-6-16-7(2)4-11-12(15-14(19)21-11)9(16)5-10(8)17;1-6-3-11-12(14-7(2)19-11)9-4-10(16)8(13(17)18)5-15(6)9;1-4-12-6-8(7(3)10)9(11)13-5-2;1-6-5-13-15(11,12)9(6)7(10)14-8(2,3)4;1-4-2-6-5(3-8-4)9-7(10)11-6;1-5-8-6(4-11-5)7-9-2-3-10-7;1-4-6-5(2-7)3-8-4;3-1-2-4;1-2-3;;/h6-8H,4-5H2,1-3H3;6-7,9H,3-5H2,1-2H3,(H,15,19);5-7H,3-4H2,1-2H3,(H,15,19);4-6H,3H2,1-2H3,(H,17,18);6H,4-5H2,1-3H3;6H,5H2,1-4H3;3-4H,2H2,1H3,(H,9,10);4,7H,2-3H2,1H3;2-3H,1H3;3-4H,1-2H2;3H,2H2,1H3;;1H2/q;;;;;;;;;;;+1;/p-1/b;;;;8-6-;;;;;;;;. The van der Waals surface area contributed by atoms with Gasteiger partial charge in [0, 0.05) is 154 Å². The van der Waals surface area contributed by atoms with Crippen molar-refractivity contribution in [2.24, 2.45) is 4.99 Å². The minimum absolute atomic E-state index is 0. The molecule has 2 saturated heterocycles. The number of aldehydes is 1. The van der Waals surface area contributed by atoms with Gasteiger partial charge >= 0.3 is 90.4 Å². The van der Waals surface area contributed by atoms with E-state index in [1.165, 1.54) is 76.4 Å². The zero-order valence-corrected chi connectivity index (χ0v) is 94.7. The molecule has 2 fully saturated rings. The first kappa shape index (κ1) is 126. The number of carbonyl (C=O) groups excluding carboxylic acids is 8. The molecule has 0 bridgehead atoms. The number of carboxylic acid groups (broad SMARTS) is 1. The number of H-pyrrole nitrogens is 3. The van der Waals surface area contributed by atoms with Gasteiger partial charge in [0.05, 0.1) is 138 Å². The topological polar surface area (TPSA) is 617 Å². The van der Waals surface area contributed by atoms with E-state index in [9.17, 15) is 80.3 Å². The molecule has 149 heavy (non-hydrogen) atoms. The summed E-state index contributed by atoms with van der Waals surface area (Å²) in [6.45, 7) is 38.7. The molecular weight excluding hydrogens is 2110 g/mol. The number of carbonyl (C=O) groups is 9. The number of nitrogens with zero attached hydrogens (tertiary/aromatic N) is 10. The van der Waals surface area contributed by atoms with Crippen LogP contribution in [0, 0.1) is 27.7 Å². The van der Waals surface area contributed by atoms with Crippen LogP contribution in [0.25, 0.3) is 34.2 Å². The number of aliphatic hydroxyl groups excluding tert-OH is 3. The fraction of sp³-hybridized carbons (Fsp3) is 0.479. The Kier molecular flexibility index (Phi) is 50.0. The molecule has 806 valence electrons. The Morgan fingerprint density at radius 1 is 0.557 bits per heavy atom. The number of aromatic amines is 3. The Morgan fingerprint density at radius 3 is 1.49 bits per heavy atom. The molecule has 8 aliphatic rings. The molecule has 7 unspecified atom stereocenters. The number of hydrogen-bond donors (Lipinski definition) is 7. The van der Waals surface area contributed by atoms with Crippen molar-refractivity contribution >= 4 is 150 Å². The van der Waals surface area contributed by atoms with Crippen molar-refractivity contribution in [2.75, 3.05) is 72.7 Å². The third-order valence-electron chi connectivity index (χ3n) is 21.3. The van der Waals surface area contributed by atoms with Gasteiger partial charge in [-0.05, 0) is 138 Å². The van der Waals surface area contributed by atoms with Crippen LogP contribution in [0.3, 0.4) is 0 Å². The number of Topliss-reactive ketones (excluding diaryl/α,β-unsaturated/α-hetero) is 2. The zero-order chi connectivity index (χ0) is 109. The Labute approximate surface area is 907 Å². The van der Waals surface area contributed by atoms with Gasteiger partial charge in [0.1, 0.15) is 62.5 Å². The number of hydrogen-bond acceptors (Lipinski definition) is 43. The van der Waals surface area contributed by atoms with Gasteiger partial charge in [-0.3, -0.25) is 52.3 Å². The van der Waals surface area contributed by atoms with Crippen LogP contribution in [-0.2, 0) is 104 Å². The van der Waals surface area contributed by atoms with E-state index in [1.54, 1.807) is 127 Å². The number of fused-ring (bicyclic) bond motifs is 13. The fourth-order valence-electron chi connectivity index (χ4n) is 14.9. The first-order valence-electron chi connectivity index (χ1n) is 46.5. The first-order chi connectivity index (χ1) is 69.5. The Balaban J connectivity index is 0.000000256. The quantitative estimate of drug-likeness (QED) is 0.00737. The number of aromatic carboxylic acids is 1. The number of amides is 1. The molecule has 0 spiro atoms. The third-order valence-corrected chi connectivity index (χ3v) is 29.0. The van der Waals surface area contributed by atoms with E-state index < -0.39 is 68.7 Å². The number of ether oxygens (including phenoxy) is 8. The van der Waals surface area contributed by atoms with Crippen molar-refractivity contribution < 1.29 is 149 Å². The van der Waals surface area contributed by atoms with Gasteiger partial charge in [0.2, 0.25) is 6.29 Å². The van der Waals surface area contributed by atoms with E-state index in [-0.39, 0.29) is 190 Å². The van der Waals surface area contributed by atoms with E-state index >= 15 is 0 Å². The molecule has 10 aromatic rings. The van der Waals surface area contributed by atoms with Crippen LogP contribution in [0.4, 0.5) is 4.79 Å². The minimum atomic E-state index is -3.95. The van der Waals surface area contributed by atoms with Crippen LogP contribution in [0.5, 0.6) is 0 Å². The summed E-state index contributed by atoms with van der Waals surface area (Å²) in [4.78, 5) is 209. The molecule has 0 aromatic carbocycles. The van der Waals surface area contributed by atoms with Crippen LogP contribution >= 0.6 is 79.4 Å². The van der Waals surface area contributed by atoms with Crippen molar-refractivity contribution in [2.45, 2.75) is 231 Å². The second-order valence-electron chi connectivity index (χ2n) is 33.9. The number of esters is 4. The van der Waals surface area contributed by atoms with Gasteiger partial charge in [-0.25, -0.2) is 48.7 Å². The number of aryl methyl sites for hydroxylation is 4. The van der Waals surface area contributed by atoms with Gasteiger partial charge in [-0.2, -0.15) is 12.7 Å². The maximum atomic E-state index is 12.2. The van der Waals surface area contributed by atoms with Crippen molar-refractivity contribution in [3.8, 4) is 34.2 Å². The summed E-state index contributed by atoms with van der Waals surface area (Å²) in [7, 11) is -3.95. The molecule has 0 aliphatic carbocycles. The number of nitrogens with one attached hydrogen (secondary N) is 3. The minimum Gasteiger partial charge on any atom is -0.870 e. The van der Waals surface area contributed by atoms with Gasteiger partial charge in [-0.15, -0.1) is 45.3 Å². The summed E-state index contributed by atoms with van der Waals surface area (Å²) in [6, 6.07) is 4.40. The van der Waals surface area contributed by atoms with E-state index in [0.717, 1.165) is 123 Å². The number of carboxylic acids is 1. The number of aromatic nitrogens is 10. The molecule has 18 heterocycles. The third kappa shape index (κ3) is 34.9. The van der Waals surface area contributed by atoms with Gasteiger partial charge in [-0.1, -0.05) is 34.0 Å². The number of aliphatic hydroxyl groups is 3. The Hall–Kier alpha value is -11.3. The van der Waals surface area contributed by atoms with Crippen molar-refractivity contribution in [1.29, 1.82) is 0 Å². The predicted octanol–water partition coefficient (Wildman–Crippen LogP) is 8.68. The van der Waals surface area contributed by atoms with Crippen LogP contribution in [0.1, 0.15) is 251 Å². The van der Waals surface area contributed by atoms with Crippen LogP contribution in [-0.4, -0.2) is 249 Å². The molecule has 0 radical (unpaired) electrons. The second kappa shape index (κ2) is 58.9. The molecule has 44 nitrogen and oxygen atoms in total. The maximum absolute atomic E-state index is 12.2. The fourth-order valence-corrected chi connectivity index (χ4v) is 22.3. The first-order valence-corrected chi connectivity index (χ1v) is 53.7. The SMILES string of the molecule is CC1COS(=O)(=O)N1C(=O)OC(C)(C)C.CC1Cc2sc(=O)[nH]c2C=N1.CCO.CCO/C=C(/C(C)=O)C(=O)OCC.CCOC(=O)C1=CN2C(C)Cc3sc(=O)[nH]c3C2CC1=O.CCOC(=O)c1cn2c(cc1=O)-c1[nH]c(=O)sc1CC2C.CCOC(=O)c1cn2c(cc1=O)-c1nc(C)sc1CC2C.Cc1nc(C2OCCO2)cs1.Cc1nc(C=O)cs1.Cc1nc2c(s1)CC(C)n1cc(C(=O)O)c(=O)cc1-2.OCCO.[Na+].[OH-]. The molecule has 53 heteroatoms. The number of rotatable bonds is 15. The largest absolute Gasteiger partial charge is 1.00 e. The van der Waals surface area contributed by atoms with Crippen molar-refractivity contribution in [1.82, 2.24) is 57.8 Å². The maximum Gasteiger partial charge on any atom is 1.00 e. The molecule has 1 amide bonds. The number of thiazole rings is 7.